The number of hydrogen-bond donors (Lipinski definition) is 2. The molecule has 0 aromatic carbocycles. The molecule has 15 heavy (non-hydrogen) atoms. The lowest BCUT2D eigenvalue weighted by Crippen LogP contribution is -2.28. The topological polar surface area (TPSA) is 83.8 Å². The Morgan fingerprint density at radius 2 is 2.00 bits per heavy atom. The van der Waals surface area contributed by atoms with E-state index < -0.39 is 24.5 Å². The van der Waals surface area contributed by atoms with E-state index >= 15 is 0 Å². The van der Waals surface area contributed by atoms with E-state index in [-0.39, 0.29) is 6.10 Å². The summed E-state index contributed by atoms with van der Waals surface area (Å²) >= 11 is 0. The summed E-state index contributed by atoms with van der Waals surface area (Å²) in [6.07, 6.45) is 0.206. The number of carbonyl (C=O) groups is 2. The fraction of sp³-hybridized carbons (Fsp3) is 0.800. The molecule has 0 amide bonds. The number of aliphatic hydroxyl groups is 1. The Morgan fingerprint density at radius 3 is 2.47 bits per heavy atom. The smallest absolute Gasteiger partial charge is 0.335 e. The minimum absolute atomic E-state index is 0.277. The van der Waals surface area contributed by atoms with Gasteiger partial charge >= 0.3 is 11.9 Å². The van der Waals surface area contributed by atoms with Crippen molar-refractivity contribution in [2.45, 2.75) is 51.7 Å². The molecule has 5 nitrogen and oxygen atoms in total. The van der Waals surface area contributed by atoms with Gasteiger partial charge in [-0.25, -0.2) is 4.79 Å². The van der Waals surface area contributed by atoms with Gasteiger partial charge in [0.25, 0.3) is 0 Å². The second-order valence-corrected chi connectivity index (χ2v) is 3.50. The molecule has 0 rings (SSSR count). The Balaban J connectivity index is 3.85. The summed E-state index contributed by atoms with van der Waals surface area (Å²) in [4.78, 5) is 21.3. The van der Waals surface area contributed by atoms with E-state index in [4.69, 9.17) is 14.9 Å². The molecule has 0 radical (unpaired) electrons. The Kier molecular flexibility index (Phi) is 6.70. The van der Waals surface area contributed by atoms with Crippen molar-refractivity contribution >= 4 is 11.9 Å². The van der Waals surface area contributed by atoms with Crippen molar-refractivity contribution in [1.29, 1.82) is 0 Å². The van der Waals surface area contributed by atoms with Crippen LogP contribution in [0.5, 0.6) is 0 Å². The second kappa shape index (κ2) is 7.23. The van der Waals surface area contributed by atoms with Gasteiger partial charge < -0.3 is 14.9 Å². The second-order valence-electron chi connectivity index (χ2n) is 3.50. The molecule has 0 bridgehead atoms. The largest absolute Gasteiger partial charge is 0.481 e. The van der Waals surface area contributed by atoms with Crippen molar-refractivity contribution in [2.24, 2.45) is 0 Å². The van der Waals surface area contributed by atoms with E-state index in [1.54, 1.807) is 6.92 Å². The summed E-state index contributed by atoms with van der Waals surface area (Å²) in [6, 6.07) is 0. The average molecular weight is 218 g/mol. The van der Waals surface area contributed by atoms with Crippen LogP contribution in [0.2, 0.25) is 0 Å². The number of aliphatic hydroxyl groups excluding tert-OH is 1. The molecule has 2 unspecified atom stereocenters. The lowest BCUT2D eigenvalue weighted by atomic mass is 10.2. The summed E-state index contributed by atoms with van der Waals surface area (Å²) in [5.74, 6) is -2.08. The van der Waals surface area contributed by atoms with Gasteiger partial charge in [0.1, 0.15) is 0 Å². The molecule has 2 N–H and O–H groups in total. The summed E-state index contributed by atoms with van der Waals surface area (Å²) < 4.78 is 4.86. The summed E-state index contributed by atoms with van der Waals surface area (Å²) in [5.41, 5.74) is 0. The van der Waals surface area contributed by atoms with Crippen LogP contribution >= 0.6 is 0 Å². The van der Waals surface area contributed by atoms with Gasteiger partial charge in [0.15, 0.2) is 6.10 Å². The molecule has 0 fully saturated rings. The van der Waals surface area contributed by atoms with Crippen LogP contribution in [0.15, 0.2) is 0 Å². The average Bonchev–Trinajstić information content (AvgIpc) is 2.13. The minimum atomic E-state index is -1.56. The number of carboxylic acid groups (broad SMARTS) is 1. The zero-order valence-corrected chi connectivity index (χ0v) is 9.10. The molecular formula is C10H18O5. The third-order valence-corrected chi connectivity index (χ3v) is 1.92. The van der Waals surface area contributed by atoms with Gasteiger partial charge in [-0.3, -0.25) is 4.79 Å². The van der Waals surface area contributed by atoms with Gasteiger partial charge in [-0.15, -0.1) is 0 Å². The zero-order valence-electron chi connectivity index (χ0n) is 9.10. The normalized spacial score (nSPS) is 14.3. The molecule has 0 aliphatic rings. The maximum Gasteiger partial charge on any atom is 0.335 e. The van der Waals surface area contributed by atoms with Crippen LogP contribution in [0.3, 0.4) is 0 Å². The van der Waals surface area contributed by atoms with Crippen LogP contribution in [-0.2, 0) is 14.3 Å². The Labute approximate surface area is 89.0 Å². The van der Waals surface area contributed by atoms with Crippen molar-refractivity contribution in [3.63, 3.8) is 0 Å². The van der Waals surface area contributed by atoms with Crippen LogP contribution in [0.25, 0.3) is 0 Å². The quantitative estimate of drug-likeness (QED) is 0.621. The first kappa shape index (κ1) is 13.9. The molecule has 0 aliphatic carbocycles. The van der Waals surface area contributed by atoms with Crippen molar-refractivity contribution < 1.29 is 24.5 Å². The van der Waals surface area contributed by atoms with Crippen molar-refractivity contribution in [3.05, 3.63) is 0 Å². The Bertz CT molecular complexity index is 214. The third kappa shape index (κ3) is 6.90. The summed E-state index contributed by atoms with van der Waals surface area (Å²) in [5, 5.41) is 17.4. The molecule has 2 atom stereocenters. The standard InChI is InChI=1S/C10H18O5/c1-3-4-5-7(2)15-10(14)8(11)6-9(12)13/h7-8,11H,3-6H2,1-2H3,(H,12,13). The first-order valence-electron chi connectivity index (χ1n) is 5.07. The van der Waals surface area contributed by atoms with Gasteiger partial charge in [0.05, 0.1) is 12.5 Å². The molecule has 0 aromatic heterocycles. The highest BCUT2D eigenvalue weighted by molar-refractivity contribution is 5.80. The molecule has 0 heterocycles. The van der Waals surface area contributed by atoms with E-state index in [1.165, 1.54) is 0 Å². The predicted molar refractivity (Wildman–Crippen MR) is 53.3 cm³/mol. The van der Waals surface area contributed by atoms with Crippen LogP contribution in [0, 0.1) is 0 Å². The molecular weight excluding hydrogens is 200 g/mol. The Morgan fingerprint density at radius 1 is 1.40 bits per heavy atom. The van der Waals surface area contributed by atoms with Crippen LogP contribution in [0.1, 0.15) is 39.5 Å². The van der Waals surface area contributed by atoms with Gasteiger partial charge in [0, 0.05) is 0 Å². The van der Waals surface area contributed by atoms with E-state index in [0.717, 1.165) is 19.3 Å². The number of esters is 1. The fourth-order valence-corrected chi connectivity index (χ4v) is 1.08. The van der Waals surface area contributed by atoms with Crippen molar-refractivity contribution in [2.75, 3.05) is 0 Å². The lowest BCUT2D eigenvalue weighted by molar-refractivity contribution is -0.162. The van der Waals surface area contributed by atoms with Crippen LogP contribution in [0.4, 0.5) is 0 Å². The summed E-state index contributed by atoms with van der Waals surface area (Å²) in [6.45, 7) is 3.74. The Hall–Kier alpha value is -1.10. The summed E-state index contributed by atoms with van der Waals surface area (Å²) in [7, 11) is 0. The monoisotopic (exact) mass is 218 g/mol. The molecule has 0 saturated heterocycles. The van der Waals surface area contributed by atoms with Crippen molar-refractivity contribution in [1.82, 2.24) is 0 Å². The highest BCUT2D eigenvalue weighted by Gasteiger charge is 2.21. The number of hydrogen-bond acceptors (Lipinski definition) is 4. The fourth-order valence-electron chi connectivity index (χ4n) is 1.08. The molecule has 0 saturated carbocycles. The predicted octanol–water partition coefficient (Wildman–Crippen LogP) is 0.944. The minimum Gasteiger partial charge on any atom is -0.481 e. The lowest BCUT2D eigenvalue weighted by Gasteiger charge is -2.14. The third-order valence-electron chi connectivity index (χ3n) is 1.92. The highest BCUT2D eigenvalue weighted by atomic mass is 16.6. The maximum absolute atomic E-state index is 11.1. The van der Waals surface area contributed by atoms with E-state index in [1.807, 2.05) is 6.92 Å². The molecule has 0 aromatic rings. The number of aliphatic carboxylic acids is 1. The molecule has 5 heteroatoms. The van der Waals surface area contributed by atoms with Gasteiger partial charge in [-0.2, -0.15) is 0 Å². The highest BCUT2D eigenvalue weighted by Crippen LogP contribution is 2.06. The number of ether oxygens (including phenoxy) is 1. The number of carbonyl (C=O) groups excluding carboxylic acids is 1. The number of rotatable bonds is 7. The van der Waals surface area contributed by atoms with E-state index in [9.17, 15) is 9.59 Å². The first-order valence-corrected chi connectivity index (χ1v) is 5.07. The van der Waals surface area contributed by atoms with Gasteiger partial charge in [0.2, 0.25) is 0 Å². The van der Waals surface area contributed by atoms with E-state index in [0.29, 0.717) is 0 Å². The zero-order chi connectivity index (χ0) is 11.8. The van der Waals surface area contributed by atoms with Gasteiger partial charge in [-0.05, 0) is 13.3 Å². The van der Waals surface area contributed by atoms with Crippen LogP contribution < -0.4 is 0 Å². The maximum atomic E-state index is 11.1. The van der Waals surface area contributed by atoms with E-state index in [2.05, 4.69) is 0 Å². The molecule has 0 spiro atoms. The number of carboxylic acids is 1. The first-order chi connectivity index (χ1) is 6.97. The SMILES string of the molecule is CCCCC(C)OC(=O)C(O)CC(=O)O. The molecule has 0 aliphatic heterocycles. The number of unbranched alkanes of at least 4 members (excludes halogenated alkanes) is 1. The van der Waals surface area contributed by atoms with Gasteiger partial charge in [-0.1, -0.05) is 19.8 Å². The van der Waals surface area contributed by atoms with Crippen LogP contribution in [-0.4, -0.2) is 34.4 Å². The molecule has 88 valence electrons. The van der Waals surface area contributed by atoms with Crippen molar-refractivity contribution in [3.8, 4) is 0 Å².